The van der Waals surface area contributed by atoms with Gasteiger partial charge in [-0.05, 0) is 25.1 Å². The number of carbonyl (C=O) groups excluding carboxylic acids is 2. The number of rotatable bonds is 9. The molecule has 0 radical (unpaired) electrons. The van der Waals surface area contributed by atoms with E-state index >= 15 is 0 Å². The molecule has 0 amide bonds. The molecule has 2 aromatic carbocycles. The molecule has 2 fully saturated rings. The van der Waals surface area contributed by atoms with E-state index in [1.807, 2.05) is 0 Å². The van der Waals surface area contributed by atoms with Crippen molar-refractivity contribution in [3.05, 3.63) is 46.6 Å². The van der Waals surface area contributed by atoms with Gasteiger partial charge in [0.25, 0.3) is 0 Å². The second-order valence-electron chi connectivity index (χ2n) is 11.5. The first-order chi connectivity index (χ1) is 23.2. The zero-order chi connectivity index (χ0) is 35.7. The third-order valence-corrected chi connectivity index (χ3v) is 7.88. The van der Waals surface area contributed by atoms with Gasteiger partial charge in [0.15, 0.2) is 23.2 Å². The Bertz CT molecular complexity index is 1740. The second-order valence-corrected chi connectivity index (χ2v) is 11.5. The van der Waals surface area contributed by atoms with Crippen LogP contribution in [0.4, 0.5) is 0 Å². The summed E-state index contributed by atoms with van der Waals surface area (Å²) in [6.45, 7) is 3.22. The first kappa shape index (κ1) is 36.1. The molecule has 6 N–H and O–H groups in total. The van der Waals surface area contributed by atoms with Crippen LogP contribution < -0.4 is 24.4 Å². The van der Waals surface area contributed by atoms with Crippen molar-refractivity contribution in [1.82, 2.24) is 0 Å². The first-order valence-corrected chi connectivity index (χ1v) is 15.0. The van der Waals surface area contributed by atoms with Crippen LogP contribution in [0.1, 0.15) is 20.8 Å². The normalized spacial score (nSPS) is 30.1. The average molecular weight is 693 g/mol. The van der Waals surface area contributed by atoms with Gasteiger partial charge < -0.3 is 68.2 Å². The van der Waals surface area contributed by atoms with E-state index in [0.717, 1.165) is 19.1 Å². The number of aliphatic hydroxyl groups is 6. The fourth-order valence-corrected chi connectivity index (χ4v) is 5.37. The van der Waals surface area contributed by atoms with Crippen LogP contribution in [-0.4, -0.2) is 118 Å². The Kier molecular flexibility index (Phi) is 10.9. The zero-order valence-corrected chi connectivity index (χ0v) is 26.6. The van der Waals surface area contributed by atoms with Gasteiger partial charge in [-0.25, -0.2) is 0 Å². The van der Waals surface area contributed by atoms with Gasteiger partial charge in [0.1, 0.15) is 71.0 Å². The van der Waals surface area contributed by atoms with Crippen molar-refractivity contribution in [2.24, 2.45) is 0 Å². The smallest absolute Gasteiger partial charge is 0.308 e. The van der Waals surface area contributed by atoms with Crippen molar-refractivity contribution in [2.75, 3.05) is 13.7 Å². The summed E-state index contributed by atoms with van der Waals surface area (Å²) in [5, 5.41) is 62.0. The molecule has 266 valence electrons. The Hall–Kier alpha value is -4.17. The minimum absolute atomic E-state index is 0.0169. The van der Waals surface area contributed by atoms with E-state index < -0.39 is 85.4 Å². The lowest BCUT2D eigenvalue weighted by Gasteiger charge is -2.42. The Labute approximate surface area is 277 Å². The van der Waals surface area contributed by atoms with Gasteiger partial charge in [-0.15, -0.1) is 0 Å². The number of hydrogen-bond donors (Lipinski definition) is 6. The molecular formula is C32H36O17. The van der Waals surface area contributed by atoms with Crippen LogP contribution in [0.25, 0.3) is 22.3 Å². The molecule has 0 saturated carbocycles. The number of aliphatic hydroxyl groups excluding tert-OH is 6. The summed E-state index contributed by atoms with van der Waals surface area (Å²) in [5.74, 6) is -1.51. The Balaban J connectivity index is 1.44. The topological polar surface area (TPSA) is 250 Å². The van der Waals surface area contributed by atoms with Gasteiger partial charge in [0.05, 0.1) is 19.8 Å². The average Bonchev–Trinajstić information content (AvgIpc) is 3.04. The van der Waals surface area contributed by atoms with Gasteiger partial charge in [0, 0.05) is 37.6 Å². The van der Waals surface area contributed by atoms with Crippen molar-refractivity contribution in [3.63, 3.8) is 0 Å². The molecule has 3 heterocycles. The van der Waals surface area contributed by atoms with E-state index in [1.54, 1.807) is 6.07 Å². The summed E-state index contributed by atoms with van der Waals surface area (Å²) >= 11 is 0. The monoisotopic (exact) mass is 692 g/mol. The van der Waals surface area contributed by atoms with Gasteiger partial charge in [0.2, 0.25) is 6.29 Å². The van der Waals surface area contributed by atoms with Crippen LogP contribution in [0.5, 0.6) is 23.0 Å². The standard InChI is InChI=1S/C32H36O17/c1-12-25(36)27(38)29(40)31(44-12)43-11-23-26(37)28(39)30(41)32(49-23)47-16-8-21(46-14(3)34)24-17(35)10-19(48-22(24)9-16)15-5-6-18(42-4)20(7-15)45-13(2)33/h5-10,12,23,25-32,36-41H,11H2,1-4H3/t12-,23+,25-,26+,27+,28-,29+,30+,31+,32+/m0/s1. The fourth-order valence-electron chi connectivity index (χ4n) is 5.37. The molecule has 2 saturated heterocycles. The van der Waals surface area contributed by atoms with Crippen molar-refractivity contribution < 1.29 is 77.8 Å². The largest absolute Gasteiger partial charge is 0.493 e. The molecule has 49 heavy (non-hydrogen) atoms. The quantitative estimate of drug-likeness (QED) is 0.120. The first-order valence-electron chi connectivity index (χ1n) is 15.0. The SMILES string of the molecule is COc1ccc(-c2cc(=O)c3c(OC(C)=O)cc(O[C@@H]4O[C@H](CO[C@@H]5O[C@@H](C)[C@H](O)[C@@H](O)[C@H]5O)[C@@H](O)[C@H](O)[C@H]4O)cc3o2)cc1OC(C)=O. The molecule has 5 rings (SSSR count). The highest BCUT2D eigenvalue weighted by molar-refractivity contribution is 5.89. The summed E-state index contributed by atoms with van der Waals surface area (Å²) in [4.78, 5) is 36.9. The van der Waals surface area contributed by atoms with Crippen molar-refractivity contribution >= 4 is 22.9 Å². The molecule has 17 heteroatoms. The lowest BCUT2D eigenvalue weighted by molar-refractivity contribution is -0.318. The molecule has 10 atom stereocenters. The van der Waals surface area contributed by atoms with Crippen LogP contribution in [0.15, 0.2) is 45.6 Å². The third-order valence-electron chi connectivity index (χ3n) is 7.88. The minimum atomic E-state index is -1.83. The summed E-state index contributed by atoms with van der Waals surface area (Å²) in [7, 11) is 1.38. The highest BCUT2D eigenvalue weighted by atomic mass is 16.7. The maximum atomic E-state index is 13.3. The molecule has 0 bridgehead atoms. The molecule has 3 aromatic rings. The summed E-state index contributed by atoms with van der Waals surface area (Å²) in [6.07, 6.45) is -15.4. The maximum absolute atomic E-state index is 13.3. The van der Waals surface area contributed by atoms with Gasteiger partial charge in [-0.2, -0.15) is 0 Å². The number of benzene rings is 2. The predicted molar refractivity (Wildman–Crippen MR) is 163 cm³/mol. The van der Waals surface area contributed by atoms with Crippen molar-refractivity contribution in [2.45, 2.75) is 82.2 Å². The van der Waals surface area contributed by atoms with E-state index in [4.69, 9.17) is 37.6 Å². The number of hydrogen-bond acceptors (Lipinski definition) is 17. The van der Waals surface area contributed by atoms with Crippen LogP contribution >= 0.6 is 0 Å². The molecule has 0 spiro atoms. The van der Waals surface area contributed by atoms with Gasteiger partial charge in [-0.3, -0.25) is 14.4 Å². The van der Waals surface area contributed by atoms with Crippen LogP contribution in [0.2, 0.25) is 0 Å². The molecule has 0 unspecified atom stereocenters. The van der Waals surface area contributed by atoms with Crippen LogP contribution in [0, 0.1) is 0 Å². The number of methoxy groups -OCH3 is 1. The van der Waals surface area contributed by atoms with E-state index in [0.29, 0.717) is 5.56 Å². The maximum Gasteiger partial charge on any atom is 0.308 e. The predicted octanol–water partition coefficient (Wildman–Crippen LogP) is -0.650. The Morgan fingerprint density at radius 2 is 1.41 bits per heavy atom. The number of ether oxygens (including phenoxy) is 7. The van der Waals surface area contributed by atoms with E-state index in [-0.39, 0.29) is 39.7 Å². The van der Waals surface area contributed by atoms with E-state index in [9.17, 15) is 45.0 Å². The summed E-state index contributed by atoms with van der Waals surface area (Å²) < 4.78 is 44.1. The summed E-state index contributed by atoms with van der Waals surface area (Å²) in [5.41, 5.74) is -0.441. The highest BCUT2D eigenvalue weighted by Crippen LogP contribution is 2.37. The molecule has 17 nitrogen and oxygen atoms in total. The van der Waals surface area contributed by atoms with Crippen LogP contribution in [-0.2, 0) is 23.8 Å². The second kappa shape index (κ2) is 14.8. The van der Waals surface area contributed by atoms with Crippen LogP contribution in [0.3, 0.4) is 0 Å². The molecule has 2 aliphatic heterocycles. The molecule has 1 aromatic heterocycles. The molecule has 0 aliphatic carbocycles. The Morgan fingerprint density at radius 3 is 2.08 bits per heavy atom. The highest BCUT2D eigenvalue weighted by Gasteiger charge is 2.47. The lowest BCUT2D eigenvalue weighted by Crippen LogP contribution is -2.61. The lowest BCUT2D eigenvalue weighted by atomic mass is 9.98. The summed E-state index contributed by atoms with van der Waals surface area (Å²) in [6, 6.07) is 8.00. The van der Waals surface area contributed by atoms with E-state index in [2.05, 4.69) is 0 Å². The van der Waals surface area contributed by atoms with Crippen molar-refractivity contribution in [1.29, 1.82) is 0 Å². The van der Waals surface area contributed by atoms with Crippen molar-refractivity contribution in [3.8, 4) is 34.3 Å². The third kappa shape index (κ3) is 7.70. The number of esters is 2. The minimum Gasteiger partial charge on any atom is -0.493 e. The van der Waals surface area contributed by atoms with Gasteiger partial charge in [-0.1, -0.05) is 0 Å². The van der Waals surface area contributed by atoms with E-state index in [1.165, 1.54) is 39.2 Å². The van der Waals surface area contributed by atoms with Gasteiger partial charge >= 0.3 is 11.9 Å². The number of fused-ring (bicyclic) bond motifs is 1. The molecule has 2 aliphatic rings. The zero-order valence-electron chi connectivity index (χ0n) is 26.6. The number of carbonyl (C=O) groups is 2. The molecular weight excluding hydrogens is 656 g/mol. The fraction of sp³-hybridized carbons (Fsp3) is 0.469. The Morgan fingerprint density at radius 1 is 0.755 bits per heavy atom.